The molecule has 1 aliphatic heterocycles. The van der Waals surface area contributed by atoms with Crippen LogP contribution >= 0.6 is 0 Å². The van der Waals surface area contributed by atoms with Crippen LogP contribution < -0.4 is 4.90 Å². The topological polar surface area (TPSA) is 144 Å². The molecule has 0 unspecified atom stereocenters. The lowest BCUT2D eigenvalue weighted by Crippen LogP contribution is -2.17. The van der Waals surface area contributed by atoms with Crippen molar-refractivity contribution in [2.24, 2.45) is 0 Å². The zero-order chi connectivity index (χ0) is 20.5. The summed E-state index contributed by atoms with van der Waals surface area (Å²) in [6.07, 6.45) is 2.69. The maximum absolute atomic E-state index is 11.1. The second kappa shape index (κ2) is 10.3. The Morgan fingerprint density at radius 3 is 1.92 bits per heavy atom. The van der Waals surface area contributed by atoms with Crippen LogP contribution in [0.15, 0.2) is 24.3 Å². The van der Waals surface area contributed by atoms with Crippen molar-refractivity contribution in [1.82, 2.24) is 0 Å². The fraction of sp³-hybridized carbons (Fsp3) is 0.429. The molecular formula is C14H22N2O8S2. The standard InChI is InChI=1S/C12H15N2O.CH4O4S.CH4O3S/c1-10(15)11-3-5-12(6-4-11)14-8-7-13(2)9-14;1-5-6(2,3)4;1-5(2,3)4/h3-6,9H,7-8H2,1-2H3;1H3,(H,2,3,4);1H3,(H,2,3,4)/q+1;;/p-1. The average molecular weight is 410 g/mol. The highest BCUT2D eigenvalue weighted by atomic mass is 32.3. The number of Topliss-reactive ketones (excluding diaryl/α,β-unsaturated/α-hetero) is 1. The van der Waals surface area contributed by atoms with Crippen molar-refractivity contribution in [3.05, 3.63) is 29.8 Å². The van der Waals surface area contributed by atoms with Crippen molar-refractivity contribution in [3.63, 3.8) is 0 Å². The van der Waals surface area contributed by atoms with Crippen molar-refractivity contribution in [2.75, 3.05) is 38.4 Å². The van der Waals surface area contributed by atoms with Crippen molar-refractivity contribution < 1.29 is 39.5 Å². The molecule has 148 valence electrons. The van der Waals surface area contributed by atoms with Gasteiger partial charge in [0.15, 0.2) is 5.78 Å². The van der Waals surface area contributed by atoms with Crippen LogP contribution in [0.1, 0.15) is 17.3 Å². The number of hydrogen-bond donors (Lipinski definition) is 1. The first-order valence-corrected chi connectivity index (χ1v) is 10.3. The van der Waals surface area contributed by atoms with Crippen LogP contribution in [0.5, 0.6) is 0 Å². The van der Waals surface area contributed by atoms with E-state index in [0.717, 1.165) is 31.5 Å². The Balaban J connectivity index is 0.000000474. The molecule has 0 amide bonds. The van der Waals surface area contributed by atoms with Crippen LogP contribution in [0, 0.1) is 0 Å². The van der Waals surface area contributed by atoms with E-state index in [1.54, 1.807) is 6.92 Å². The van der Waals surface area contributed by atoms with Gasteiger partial charge in [0.2, 0.25) is 6.34 Å². The lowest BCUT2D eigenvalue weighted by Gasteiger charge is -2.06. The quantitative estimate of drug-likeness (QED) is 0.413. The SMILES string of the molecule is CC(=O)c1ccc(N2C=[N+](C)CC2)cc1.COS(=O)(=O)O.CS(=O)(=O)[O-]. The largest absolute Gasteiger partial charge is 0.748 e. The lowest BCUT2D eigenvalue weighted by atomic mass is 10.1. The number of benzene rings is 1. The number of nitrogens with zero attached hydrogens (tertiary/aromatic N) is 2. The van der Waals surface area contributed by atoms with Crippen LogP contribution in [0.3, 0.4) is 0 Å². The Morgan fingerprint density at radius 1 is 1.23 bits per heavy atom. The van der Waals surface area contributed by atoms with Gasteiger partial charge in [0, 0.05) is 11.8 Å². The summed E-state index contributed by atoms with van der Waals surface area (Å²) in [6, 6.07) is 7.74. The van der Waals surface area contributed by atoms with Crippen LogP contribution in [0.25, 0.3) is 0 Å². The molecule has 0 saturated heterocycles. The number of ketones is 1. The molecule has 2 rings (SSSR count). The Morgan fingerprint density at radius 2 is 1.65 bits per heavy atom. The minimum absolute atomic E-state index is 0.115. The van der Waals surface area contributed by atoms with Crippen LogP contribution in [0.4, 0.5) is 5.69 Å². The third kappa shape index (κ3) is 12.5. The van der Waals surface area contributed by atoms with E-state index in [0.29, 0.717) is 6.26 Å². The van der Waals surface area contributed by atoms with Gasteiger partial charge >= 0.3 is 10.4 Å². The molecule has 1 heterocycles. The van der Waals surface area contributed by atoms with E-state index in [2.05, 4.69) is 27.0 Å². The maximum atomic E-state index is 11.1. The Kier molecular flexibility index (Phi) is 9.59. The molecule has 0 radical (unpaired) electrons. The number of carbonyl (C=O) groups is 1. The number of likely N-dealkylation sites (N-methyl/N-ethyl adjacent to an activating group) is 1. The van der Waals surface area contributed by atoms with Crippen molar-refractivity contribution >= 4 is 38.3 Å². The van der Waals surface area contributed by atoms with Gasteiger partial charge in [-0.05, 0) is 31.2 Å². The van der Waals surface area contributed by atoms with Crippen molar-refractivity contribution in [2.45, 2.75) is 6.92 Å². The van der Waals surface area contributed by atoms with E-state index in [-0.39, 0.29) is 5.78 Å². The highest BCUT2D eigenvalue weighted by molar-refractivity contribution is 7.84. The van der Waals surface area contributed by atoms with Crippen LogP contribution in [-0.4, -0.2) is 76.1 Å². The van der Waals surface area contributed by atoms with Crippen LogP contribution in [-0.2, 0) is 24.7 Å². The van der Waals surface area contributed by atoms with E-state index in [4.69, 9.17) is 17.5 Å². The fourth-order valence-corrected chi connectivity index (χ4v) is 1.70. The minimum atomic E-state index is -4.16. The molecule has 0 aliphatic carbocycles. The Labute approximate surface area is 153 Å². The van der Waals surface area contributed by atoms with E-state index in [1.165, 1.54) is 0 Å². The summed E-state index contributed by atoms with van der Waals surface area (Å²) < 4.78 is 59.1. The number of hydrogen-bond acceptors (Lipinski definition) is 8. The van der Waals surface area contributed by atoms with Gasteiger partial charge in [-0.3, -0.25) is 18.1 Å². The molecule has 0 fully saturated rings. The number of carbonyl (C=O) groups excluding carboxylic acids is 1. The molecule has 1 aromatic rings. The molecule has 0 spiro atoms. The third-order valence-electron chi connectivity index (χ3n) is 2.85. The van der Waals surface area contributed by atoms with Gasteiger partial charge in [-0.15, -0.1) is 0 Å². The summed E-state index contributed by atoms with van der Waals surface area (Å²) in [6.45, 7) is 3.65. The summed E-state index contributed by atoms with van der Waals surface area (Å²) in [5.74, 6) is 0.115. The first-order valence-electron chi connectivity index (χ1n) is 7.09. The molecule has 1 aliphatic rings. The molecule has 1 aromatic carbocycles. The zero-order valence-corrected chi connectivity index (χ0v) is 16.4. The number of rotatable bonds is 3. The number of anilines is 1. The van der Waals surface area contributed by atoms with Gasteiger partial charge in [-0.2, -0.15) is 8.42 Å². The van der Waals surface area contributed by atoms with Gasteiger partial charge in [-0.25, -0.2) is 13.3 Å². The molecule has 0 saturated carbocycles. The van der Waals surface area contributed by atoms with E-state index in [9.17, 15) is 13.2 Å². The predicted octanol–water partition coefficient (Wildman–Crippen LogP) is -0.0232. The summed E-state index contributed by atoms with van der Waals surface area (Å²) in [4.78, 5) is 13.3. The monoisotopic (exact) mass is 410 g/mol. The molecule has 10 nitrogen and oxygen atoms in total. The normalized spacial score (nSPS) is 13.8. The molecule has 26 heavy (non-hydrogen) atoms. The first-order chi connectivity index (χ1) is 11.7. The third-order valence-corrected chi connectivity index (χ3v) is 3.27. The van der Waals surface area contributed by atoms with Crippen molar-refractivity contribution in [3.8, 4) is 0 Å². The minimum Gasteiger partial charge on any atom is -0.748 e. The fourth-order valence-electron chi connectivity index (χ4n) is 1.70. The highest BCUT2D eigenvalue weighted by Crippen LogP contribution is 2.15. The maximum Gasteiger partial charge on any atom is 0.397 e. The predicted molar refractivity (Wildman–Crippen MR) is 95.1 cm³/mol. The van der Waals surface area contributed by atoms with Gasteiger partial charge in [-0.1, -0.05) is 0 Å². The molecule has 12 heteroatoms. The van der Waals surface area contributed by atoms with Crippen LogP contribution in [0.2, 0.25) is 0 Å². The molecular weight excluding hydrogens is 388 g/mol. The van der Waals surface area contributed by atoms with E-state index >= 15 is 0 Å². The zero-order valence-electron chi connectivity index (χ0n) is 14.8. The molecule has 0 bridgehead atoms. The van der Waals surface area contributed by atoms with E-state index in [1.807, 2.05) is 24.3 Å². The molecule has 0 atom stereocenters. The highest BCUT2D eigenvalue weighted by Gasteiger charge is 2.18. The van der Waals surface area contributed by atoms with Gasteiger partial charge in [0.1, 0.15) is 18.8 Å². The molecule has 1 N–H and O–H groups in total. The lowest BCUT2D eigenvalue weighted by molar-refractivity contribution is -0.481. The Hall–Kier alpha value is -1.86. The van der Waals surface area contributed by atoms with Gasteiger partial charge < -0.3 is 4.55 Å². The Bertz CT molecular complexity index is 822. The summed E-state index contributed by atoms with van der Waals surface area (Å²) in [5, 5.41) is 0. The molecule has 0 aromatic heterocycles. The van der Waals surface area contributed by atoms with Gasteiger partial charge in [0.05, 0.1) is 24.3 Å². The second-order valence-electron chi connectivity index (χ2n) is 5.19. The second-order valence-corrected chi connectivity index (χ2v) is 7.79. The first kappa shape index (κ1) is 24.1. The smallest absolute Gasteiger partial charge is 0.397 e. The summed E-state index contributed by atoms with van der Waals surface area (Å²) in [5.41, 5.74) is 1.91. The summed E-state index contributed by atoms with van der Waals surface area (Å²) >= 11 is 0. The summed E-state index contributed by atoms with van der Waals surface area (Å²) in [7, 11) is -5.15. The van der Waals surface area contributed by atoms with Gasteiger partial charge in [0.25, 0.3) is 0 Å². The van der Waals surface area contributed by atoms with E-state index < -0.39 is 20.5 Å². The average Bonchev–Trinajstić information content (AvgIpc) is 2.92. The van der Waals surface area contributed by atoms with Crippen molar-refractivity contribution in [1.29, 1.82) is 0 Å².